The lowest BCUT2D eigenvalue weighted by atomic mass is 9.72. The van der Waals surface area contributed by atoms with Gasteiger partial charge in [0, 0.05) is 6.07 Å². The Morgan fingerprint density at radius 2 is 1.70 bits per heavy atom. The van der Waals surface area contributed by atoms with Crippen LogP contribution in [0.4, 0.5) is 5.69 Å². The molecular weight excluding hydrogens is 380 g/mol. The van der Waals surface area contributed by atoms with Crippen molar-refractivity contribution in [2.45, 2.75) is 46.5 Å². The molecule has 0 amide bonds. The molecule has 0 fully saturated rings. The molecule has 0 bridgehead atoms. The number of rotatable bonds is 8. The maximum atomic E-state index is 12.1. The summed E-state index contributed by atoms with van der Waals surface area (Å²) in [4.78, 5) is 12.1. The molecule has 0 spiro atoms. The van der Waals surface area contributed by atoms with Crippen molar-refractivity contribution < 1.29 is 19.0 Å². The van der Waals surface area contributed by atoms with Crippen molar-refractivity contribution in [2.24, 2.45) is 15.6 Å². The van der Waals surface area contributed by atoms with Gasteiger partial charge in [-0.15, -0.1) is 0 Å². The molecule has 0 atom stereocenters. The summed E-state index contributed by atoms with van der Waals surface area (Å²) in [5, 5.41) is 8.02. The van der Waals surface area contributed by atoms with Crippen molar-refractivity contribution in [1.82, 2.24) is 0 Å². The summed E-state index contributed by atoms with van der Waals surface area (Å²) in [6.45, 7) is 11.4. The zero-order valence-electron chi connectivity index (χ0n) is 18.4. The van der Waals surface area contributed by atoms with Gasteiger partial charge in [-0.3, -0.25) is 4.79 Å². The fraction of sp³-hybridized carbons (Fsp3) is 0.458. The molecule has 0 aromatic heterocycles. The molecule has 0 unspecified atom stereocenters. The van der Waals surface area contributed by atoms with Crippen LogP contribution in [0.25, 0.3) is 0 Å². The average Bonchev–Trinajstić information content (AvgIpc) is 3.13. The molecule has 1 aliphatic heterocycles. The van der Waals surface area contributed by atoms with E-state index in [2.05, 4.69) is 57.0 Å². The van der Waals surface area contributed by atoms with Gasteiger partial charge in [-0.25, -0.2) is 0 Å². The first-order valence-electron chi connectivity index (χ1n) is 10.1. The SMILES string of the molecule is CC(C)(C)CC(C)(C)c1ccc(OCC(=O)CN=Nc2ccc3c(c2)OCO3)cc1. The Bertz CT molecular complexity index is 912. The Hall–Kier alpha value is -2.89. The molecule has 2 aromatic carbocycles. The molecule has 160 valence electrons. The lowest BCUT2D eigenvalue weighted by Crippen LogP contribution is -2.24. The maximum Gasteiger partial charge on any atom is 0.231 e. The molecule has 0 N–H and O–H groups in total. The topological polar surface area (TPSA) is 69.5 Å². The van der Waals surface area contributed by atoms with E-state index in [0.717, 1.165) is 6.42 Å². The van der Waals surface area contributed by atoms with Crippen LogP contribution in [0.1, 0.15) is 46.6 Å². The predicted molar refractivity (Wildman–Crippen MR) is 116 cm³/mol. The Morgan fingerprint density at radius 1 is 1.00 bits per heavy atom. The van der Waals surface area contributed by atoms with Crippen LogP contribution in [0, 0.1) is 5.41 Å². The van der Waals surface area contributed by atoms with Crippen molar-refractivity contribution in [3.8, 4) is 17.2 Å². The number of carbonyl (C=O) groups is 1. The molecule has 3 rings (SSSR count). The number of ketones is 1. The Morgan fingerprint density at radius 3 is 2.40 bits per heavy atom. The first-order valence-corrected chi connectivity index (χ1v) is 10.1. The number of benzene rings is 2. The van der Waals surface area contributed by atoms with Gasteiger partial charge in [-0.05, 0) is 47.1 Å². The maximum absolute atomic E-state index is 12.1. The third-order valence-corrected chi connectivity index (χ3v) is 4.80. The van der Waals surface area contributed by atoms with Crippen molar-refractivity contribution in [3.63, 3.8) is 0 Å². The number of azo groups is 1. The summed E-state index contributed by atoms with van der Waals surface area (Å²) < 4.78 is 16.2. The zero-order valence-corrected chi connectivity index (χ0v) is 18.4. The average molecular weight is 411 g/mol. The monoisotopic (exact) mass is 410 g/mol. The number of hydrogen-bond donors (Lipinski definition) is 0. The van der Waals surface area contributed by atoms with Crippen molar-refractivity contribution in [2.75, 3.05) is 19.9 Å². The smallest absolute Gasteiger partial charge is 0.231 e. The quantitative estimate of drug-likeness (QED) is 0.511. The summed E-state index contributed by atoms with van der Waals surface area (Å²) in [5.74, 6) is 1.85. The number of ether oxygens (including phenoxy) is 3. The lowest BCUT2D eigenvalue weighted by molar-refractivity contribution is -0.119. The lowest BCUT2D eigenvalue weighted by Gasteiger charge is -2.33. The van der Waals surface area contributed by atoms with Gasteiger partial charge in [-0.2, -0.15) is 10.2 Å². The molecule has 0 saturated heterocycles. The third-order valence-electron chi connectivity index (χ3n) is 4.80. The van der Waals surface area contributed by atoms with E-state index in [-0.39, 0.29) is 36.6 Å². The van der Waals surface area contributed by atoms with E-state index >= 15 is 0 Å². The van der Waals surface area contributed by atoms with E-state index in [1.807, 2.05) is 12.1 Å². The van der Waals surface area contributed by atoms with Gasteiger partial charge in [0.25, 0.3) is 0 Å². The predicted octanol–water partition coefficient (Wildman–Crippen LogP) is 5.86. The standard InChI is InChI=1S/C24H30N2O4/c1-23(2,3)15-24(4,5)17-6-9-20(10-7-17)28-14-19(27)13-25-26-18-8-11-21-22(12-18)30-16-29-21/h6-12H,13-16H2,1-5H3. The van der Waals surface area contributed by atoms with Crippen LogP contribution in [0.15, 0.2) is 52.7 Å². The second-order valence-electron chi connectivity index (χ2n) is 9.41. The second-order valence-corrected chi connectivity index (χ2v) is 9.41. The molecule has 2 aromatic rings. The van der Waals surface area contributed by atoms with Crippen molar-refractivity contribution >= 4 is 11.5 Å². The molecule has 30 heavy (non-hydrogen) atoms. The van der Waals surface area contributed by atoms with Gasteiger partial charge in [0.1, 0.15) is 18.9 Å². The minimum atomic E-state index is -0.142. The van der Waals surface area contributed by atoms with Crippen molar-refractivity contribution in [1.29, 1.82) is 0 Å². The molecule has 6 nitrogen and oxygen atoms in total. The van der Waals surface area contributed by atoms with Gasteiger partial charge in [0.2, 0.25) is 6.79 Å². The zero-order chi connectivity index (χ0) is 21.8. The molecule has 6 heteroatoms. The van der Waals surface area contributed by atoms with Gasteiger partial charge in [0.05, 0.1) is 5.69 Å². The first kappa shape index (κ1) is 21.8. The Labute approximate surface area is 178 Å². The van der Waals surface area contributed by atoms with Gasteiger partial charge in [-0.1, -0.05) is 46.8 Å². The summed E-state index contributed by atoms with van der Waals surface area (Å²) in [7, 11) is 0. The summed E-state index contributed by atoms with van der Waals surface area (Å²) >= 11 is 0. The second kappa shape index (κ2) is 8.86. The van der Waals surface area contributed by atoms with E-state index in [0.29, 0.717) is 22.9 Å². The van der Waals surface area contributed by atoms with E-state index in [1.54, 1.807) is 18.2 Å². The van der Waals surface area contributed by atoms with E-state index in [4.69, 9.17) is 14.2 Å². The number of Topliss-reactive ketones (excluding diaryl/α,β-unsaturated/α-hetero) is 1. The van der Waals surface area contributed by atoms with Crippen LogP contribution in [-0.4, -0.2) is 25.7 Å². The van der Waals surface area contributed by atoms with E-state index in [1.165, 1.54) is 5.56 Å². The van der Waals surface area contributed by atoms with E-state index in [9.17, 15) is 4.79 Å². The number of carbonyl (C=O) groups excluding carboxylic acids is 1. The minimum Gasteiger partial charge on any atom is -0.486 e. The van der Waals surface area contributed by atoms with Crippen LogP contribution >= 0.6 is 0 Å². The number of nitrogens with zero attached hydrogens (tertiary/aromatic N) is 2. The van der Waals surface area contributed by atoms with Gasteiger partial charge < -0.3 is 14.2 Å². The molecule has 1 heterocycles. The largest absolute Gasteiger partial charge is 0.486 e. The molecule has 0 radical (unpaired) electrons. The normalized spacial score (nSPS) is 13.6. The Kier molecular flexibility index (Phi) is 6.44. The number of fused-ring (bicyclic) bond motifs is 1. The highest BCUT2D eigenvalue weighted by molar-refractivity contribution is 5.82. The first-order chi connectivity index (χ1) is 14.1. The Balaban J connectivity index is 1.47. The number of hydrogen-bond acceptors (Lipinski definition) is 6. The van der Waals surface area contributed by atoms with Crippen LogP contribution in [0.3, 0.4) is 0 Å². The molecule has 0 aliphatic carbocycles. The fourth-order valence-electron chi connectivity index (χ4n) is 3.78. The molecule has 0 saturated carbocycles. The van der Waals surface area contributed by atoms with Crippen LogP contribution in [-0.2, 0) is 10.2 Å². The summed E-state index contributed by atoms with van der Waals surface area (Å²) in [6.07, 6.45) is 1.08. The highest BCUT2D eigenvalue weighted by Gasteiger charge is 2.27. The van der Waals surface area contributed by atoms with Crippen LogP contribution < -0.4 is 14.2 Å². The molecular formula is C24H30N2O4. The summed E-state index contributed by atoms with van der Waals surface area (Å²) in [6, 6.07) is 13.3. The molecule has 1 aliphatic rings. The van der Waals surface area contributed by atoms with Crippen molar-refractivity contribution in [3.05, 3.63) is 48.0 Å². The minimum absolute atomic E-state index is 0.0366. The summed E-state index contributed by atoms with van der Waals surface area (Å²) in [5.41, 5.74) is 2.19. The van der Waals surface area contributed by atoms with Gasteiger partial charge >= 0.3 is 0 Å². The third kappa shape index (κ3) is 6.05. The highest BCUT2D eigenvalue weighted by atomic mass is 16.7. The van der Waals surface area contributed by atoms with Gasteiger partial charge in [0.15, 0.2) is 17.3 Å². The highest BCUT2D eigenvalue weighted by Crippen LogP contribution is 2.37. The van der Waals surface area contributed by atoms with Crippen LogP contribution in [0.5, 0.6) is 17.2 Å². The van der Waals surface area contributed by atoms with E-state index < -0.39 is 0 Å². The van der Waals surface area contributed by atoms with Crippen LogP contribution in [0.2, 0.25) is 0 Å². The fourth-order valence-corrected chi connectivity index (χ4v) is 3.78.